The highest BCUT2D eigenvalue weighted by Gasteiger charge is 2.12. The van der Waals surface area contributed by atoms with E-state index in [4.69, 9.17) is 16.3 Å². The van der Waals surface area contributed by atoms with E-state index in [0.717, 1.165) is 25.0 Å². The molecular formula is C14H19ClN2O2. The summed E-state index contributed by atoms with van der Waals surface area (Å²) in [7, 11) is 1.51. The van der Waals surface area contributed by atoms with Gasteiger partial charge in [-0.05, 0) is 38.0 Å². The average molecular weight is 283 g/mol. The number of benzene rings is 1. The third kappa shape index (κ3) is 4.91. The zero-order valence-electron chi connectivity index (χ0n) is 11.5. The molecule has 5 heteroatoms. The Hall–Kier alpha value is -1.55. The third-order valence-electron chi connectivity index (χ3n) is 2.65. The fraction of sp³-hybridized carbons (Fsp3) is 0.429. The van der Waals surface area contributed by atoms with Crippen LogP contribution < -0.4 is 10.2 Å². The monoisotopic (exact) mass is 282 g/mol. The Morgan fingerprint density at radius 1 is 1.47 bits per heavy atom. The van der Waals surface area contributed by atoms with Crippen LogP contribution >= 0.6 is 11.6 Å². The number of carbonyl (C=O) groups excluding carboxylic acids is 1. The average Bonchev–Trinajstić information content (AvgIpc) is 2.42. The number of halogens is 1. The van der Waals surface area contributed by atoms with E-state index in [-0.39, 0.29) is 5.91 Å². The highest BCUT2D eigenvalue weighted by Crippen LogP contribution is 2.22. The Balaban J connectivity index is 2.75. The van der Waals surface area contributed by atoms with Gasteiger partial charge in [0.25, 0.3) is 5.91 Å². The summed E-state index contributed by atoms with van der Waals surface area (Å²) in [5, 5.41) is 4.55. The second-order valence-corrected chi connectivity index (χ2v) is 4.67. The number of carbonyl (C=O) groups is 1. The molecule has 4 nitrogen and oxygen atoms in total. The van der Waals surface area contributed by atoms with Crippen LogP contribution in [0.2, 0.25) is 5.02 Å². The SMILES string of the molecule is CCCC/C(C)=N/NC(=O)c1cc(Cl)ccc1OC. The lowest BCUT2D eigenvalue weighted by molar-refractivity contribution is 0.0951. The summed E-state index contributed by atoms with van der Waals surface area (Å²) in [5.41, 5.74) is 3.80. The molecule has 1 N–H and O–H groups in total. The topological polar surface area (TPSA) is 50.7 Å². The maximum atomic E-state index is 12.0. The summed E-state index contributed by atoms with van der Waals surface area (Å²) in [6, 6.07) is 4.89. The number of nitrogens with zero attached hydrogens (tertiary/aromatic N) is 1. The van der Waals surface area contributed by atoms with Gasteiger partial charge in [0.05, 0.1) is 12.7 Å². The Bertz CT molecular complexity index is 473. The van der Waals surface area contributed by atoms with E-state index in [9.17, 15) is 4.79 Å². The molecule has 1 aromatic carbocycles. The third-order valence-corrected chi connectivity index (χ3v) is 2.88. The maximum absolute atomic E-state index is 12.0. The lowest BCUT2D eigenvalue weighted by Crippen LogP contribution is -2.19. The Morgan fingerprint density at radius 2 is 2.21 bits per heavy atom. The van der Waals surface area contributed by atoms with Crippen LogP contribution in [0.5, 0.6) is 5.75 Å². The molecule has 0 aliphatic carbocycles. The molecule has 0 bridgehead atoms. The molecule has 0 saturated carbocycles. The number of hydrogen-bond acceptors (Lipinski definition) is 3. The van der Waals surface area contributed by atoms with E-state index < -0.39 is 0 Å². The molecule has 1 rings (SSSR count). The molecule has 0 heterocycles. The molecule has 0 aromatic heterocycles. The number of hydrogen-bond donors (Lipinski definition) is 1. The Morgan fingerprint density at radius 3 is 2.84 bits per heavy atom. The van der Waals surface area contributed by atoms with E-state index in [0.29, 0.717) is 16.3 Å². The summed E-state index contributed by atoms with van der Waals surface area (Å²) in [5.74, 6) is 0.151. The Kier molecular flexibility index (Phi) is 6.36. The van der Waals surface area contributed by atoms with E-state index in [1.807, 2.05) is 6.92 Å². The van der Waals surface area contributed by atoms with Crippen LogP contribution in [0.25, 0.3) is 0 Å². The summed E-state index contributed by atoms with van der Waals surface area (Å²) in [6.45, 7) is 4.01. The molecule has 1 aromatic rings. The van der Waals surface area contributed by atoms with Crippen molar-refractivity contribution in [2.45, 2.75) is 33.1 Å². The van der Waals surface area contributed by atoms with Crippen LogP contribution in [0.3, 0.4) is 0 Å². The highest BCUT2D eigenvalue weighted by atomic mass is 35.5. The molecule has 0 saturated heterocycles. The van der Waals surface area contributed by atoms with Gasteiger partial charge in [-0.2, -0.15) is 5.10 Å². The van der Waals surface area contributed by atoms with E-state index in [1.165, 1.54) is 7.11 Å². The summed E-state index contributed by atoms with van der Waals surface area (Å²) < 4.78 is 5.13. The smallest absolute Gasteiger partial charge is 0.275 e. The van der Waals surface area contributed by atoms with Gasteiger partial charge in [-0.3, -0.25) is 4.79 Å². The molecular weight excluding hydrogens is 264 g/mol. The molecule has 19 heavy (non-hydrogen) atoms. The van der Waals surface area contributed by atoms with Gasteiger partial charge in [-0.15, -0.1) is 0 Å². The number of nitrogens with one attached hydrogen (secondary N) is 1. The molecule has 1 amide bonds. The highest BCUT2D eigenvalue weighted by molar-refractivity contribution is 6.31. The van der Waals surface area contributed by atoms with Crippen LogP contribution in [0, 0.1) is 0 Å². The van der Waals surface area contributed by atoms with Gasteiger partial charge in [0, 0.05) is 10.7 Å². The van der Waals surface area contributed by atoms with Crippen molar-refractivity contribution in [3.8, 4) is 5.75 Å². The number of hydrazone groups is 1. The maximum Gasteiger partial charge on any atom is 0.275 e. The molecule has 0 atom stereocenters. The van der Waals surface area contributed by atoms with Crippen LogP contribution in [0.1, 0.15) is 43.5 Å². The summed E-state index contributed by atoms with van der Waals surface area (Å²) in [4.78, 5) is 12.0. The van der Waals surface area contributed by atoms with Crippen LogP contribution in [-0.2, 0) is 0 Å². The van der Waals surface area contributed by atoms with Gasteiger partial charge in [-0.1, -0.05) is 24.9 Å². The minimum Gasteiger partial charge on any atom is -0.496 e. The van der Waals surface area contributed by atoms with E-state index >= 15 is 0 Å². The first-order valence-electron chi connectivity index (χ1n) is 6.25. The Labute approximate surface area is 118 Å². The van der Waals surface area contributed by atoms with Crippen molar-refractivity contribution in [3.05, 3.63) is 28.8 Å². The molecule has 0 unspecified atom stereocenters. The van der Waals surface area contributed by atoms with Crippen molar-refractivity contribution >= 4 is 23.2 Å². The van der Waals surface area contributed by atoms with Gasteiger partial charge in [0.1, 0.15) is 5.75 Å². The first-order chi connectivity index (χ1) is 9.08. The minimum atomic E-state index is -0.324. The second kappa shape index (κ2) is 7.79. The minimum absolute atomic E-state index is 0.324. The van der Waals surface area contributed by atoms with Crippen LogP contribution in [-0.4, -0.2) is 18.7 Å². The number of ether oxygens (including phenoxy) is 1. The first kappa shape index (κ1) is 15.5. The van der Waals surface area contributed by atoms with Crippen molar-refractivity contribution in [3.63, 3.8) is 0 Å². The molecule has 104 valence electrons. The normalized spacial score (nSPS) is 11.3. The number of rotatable bonds is 6. The van der Waals surface area contributed by atoms with Crippen molar-refractivity contribution < 1.29 is 9.53 Å². The first-order valence-corrected chi connectivity index (χ1v) is 6.63. The van der Waals surface area contributed by atoms with E-state index in [1.54, 1.807) is 18.2 Å². The number of methoxy groups -OCH3 is 1. The lowest BCUT2D eigenvalue weighted by Gasteiger charge is -2.07. The quantitative estimate of drug-likeness (QED) is 0.640. The zero-order chi connectivity index (χ0) is 14.3. The number of unbranched alkanes of at least 4 members (excludes halogenated alkanes) is 1. The van der Waals surface area contributed by atoms with Crippen molar-refractivity contribution in [1.82, 2.24) is 5.43 Å². The van der Waals surface area contributed by atoms with Gasteiger partial charge >= 0.3 is 0 Å². The van der Waals surface area contributed by atoms with Crippen molar-refractivity contribution in [1.29, 1.82) is 0 Å². The molecule has 0 radical (unpaired) electrons. The fourth-order valence-corrected chi connectivity index (χ4v) is 1.72. The van der Waals surface area contributed by atoms with Crippen molar-refractivity contribution in [2.75, 3.05) is 7.11 Å². The largest absolute Gasteiger partial charge is 0.496 e. The molecule has 0 spiro atoms. The molecule has 0 aliphatic heterocycles. The standard InChI is InChI=1S/C14H19ClN2O2/c1-4-5-6-10(2)16-17-14(18)12-9-11(15)7-8-13(12)19-3/h7-9H,4-6H2,1-3H3,(H,17,18)/b16-10+. The van der Waals surface area contributed by atoms with Gasteiger partial charge in [0.15, 0.2) is 0 Å². The van der Waals surface area contributed by atoms with Gasteiger partial charge in [-0.25, -0.2) is 5.43 Å². The van der Waals surface area contributed by atoms with Crippen LogP contribution in [0.4, 0.5) is 0 Å². The fourth-order valence-electron chi connectivity index (χ4n) is 1.55. The van der Waals surface area contributed by atoms with Crippen LogP contribution in [0.15, 0.2) is 23.3 Å². The zero-order valence-corrected chi connectivity index (χ0v) is 12.3. The predicted molar refractivity (Wildman–Crippen MR) is 78.1 cm³/mol. The predicted octanol–water partition coefficient (Wildman–Crippen LogP) is 3.64. The van der Waals surface area contributed by atoms with E-state index in [2.05, 4.69) is 17.5 Å². The van der Waals surface area contributed by atoms with Gasteiger partial charge < -0.3 is 4.74 Å². The molecule has 0 aliphatic rings. The summed E-state index contributed by atoms with van der Waals surface area (Å²) >= 11 is 5.88. The molecule has 0 fully saturated rings. The van der Waals surface area contributed by atoms with Crippen molar-refractivity contribution in [2.24, 2.45) is 5.10 Å². The second-order valence-electron chi connectivity index (χ2n) is 4.24. The lowest BCUT2D eigenvalue weighted by atomic mass is 10.2. The number of amides is 1. The summed E-state index contributed by atoms with van der Waals surface area (Å²) in [6.07, 6.45) is 3.04. The van der Waals surface area contributed by atoms with Gasteiger partial charge in [0.2, 0.25) is 0 Å².